The van der Waals surface area contributed by atoms with E-state index in [-0.39, 0.29) is 6.61 Å². The SMILES string of the molecule is CC[S@](=O)c1ccccc1C(=O)OCc1ccc(C(=O)OC)cc1. The second-order valence-corrected chi connectivity index (χ2v) is 6.60. The molecule has 0 aliphatic carbocycles. The van der Waals surface area contributed by atoms with E-state index in [9.17, 15) is 13.8 Å². The average molecular weight is 346 g/mol. The van der Waals surface area contributed by atoms with Crippen LogP contribution in [-0.4, -0.2) is 29.0 Å². The lowest BCUT2D eigenvalue weighted by molar-refractivity contribution is 0.0467. The highest BCUT2D eigenvalue weighted by Crippen LogP contribution is 2.16. The Bertz CT molecular complexity index is 752. The van der Waals surface area contributed by atoms with Gasteiger partial charge >= 0.3 is 11.9 Å². The van der Waals surface area contributed by atoms with E-state index >= 15 is 0 Å². The van der Waals surface area contributed by atoms with Crippen LogP contribution in [0.4, 0.5) is 0 Å². The van der Waals surface area contributed by atoms with E-state index < -0.39 is 22.7 Å². The Morgan fingerprint density at radius 2 is 1.67 bits per heavy atom. The highest BCUT2D eigenvalue weighted by molar-refractivity contribution is 7.85. The van der Waals surface area contributed by atoms with Gasteiger partial charge in [0.05, 0.1) is 33.9 Å². The van der Waals surface area contributed by atoms with Gasteiger partial charge < -0.3 is 9.47 Å². The molecule has 126 valence electrons. The molecule has 0 spiro atoms. The van der Waals surface area contributed by atoms with Gasteiger partial charge in [0.15, 0.2) is 0 Å². The Morgan fingerprint density at radius 3 is 2.29 bits per heavy atom. The molecule has 2 aromatic rings. The summed E-state index contributed by atoms with van der Waals surface area (Å²) in [5.41, 5.74) is 1.48. The molecule has 0 aromatic heterocycles. The highest BCUT2D eigenvalue weighted by Gasteiger charge is 2.16. The van der Waals surface area contributed by atoms with E-state index in [0.29, 0.717) is 21.8 Å². The smallest absolute Gasteiger partial charge is 0.339 e. The van der Waals surface area contributed by atoms with E-state index in [2.05, 4.69) is 4.74 Å². The first-order valence-electron chi connectivity index (χ1n) is 7.38. The Morgan fingerprint density at radius 1 is 1.00 bits per heavy atom. The van der Waals surface area contributed by atoms with E-state index in [1.807, 2.05) is 0 Å². The molecule has 0 aliphatic heterocycles. The summed E-state index contributed by atoms with van der Waals surface area (Å²) in [6, 6.07) is 13.3. The Hall–Kier alpha value is -2.47. The second kappa shape index (κ2) is 8.40. The third-order valence-electron chi connectivity index (χ3n) is 3.36. The zero-order valence-electron chi connectivity index (χ0n) is 13.5. The summed E-state index contributed by atoms with van der Waals surface area (Å²) in [6.45, 7) is 1.86. The summed E-state index contributed by atoms with van der Waals surface area (Å²) >= 11 is 0. The summed E-state index contributed by atoms with van der Waals surface area (Å²) in [5, 5.41) is 0. The molecular weight excluding hydrogens is 328 g/mol. The fraction of sp³-hybridized carbons (Fsp3) is 0.222. The lowest BCUT2D eigenvalue weighted by Crippen LogP contribution is -2.10. The number of carbonyl (C=O) groups excluding carboxylic acids is 2. The first kappa shape index (κ1) is 17.9. The number of ether oxygens (including phenoxy) is 2. The minimum atomic E-state index is -1.23. The fourth-order valence-electron chi connectivity index (χ4n) is 2.07. The molecule has 2 rings (SSSR count). The Balaban J connectivity index is 2.06. The van der Waals surface area contributed by atoms with Crippen molar-refractivity contribution >= 4 is 22.7 Å². The van der Waals surface area contributed by atoms with Gasteiger partial charge in [0.2, 0.25) is 0 Å². The van der Waals surface area contributed by atoms with E-state index in [1.165, 1.54) is 7.11 Å². The summed E-state index contributed by atoms with van der Waals surface area (Å²) in [7, 11) is 0.0829. The third-order valence-corrected chi connectivity index (χ3v) is 4.73. The van der Waals surface area contributed by atoms with Crippen LogP contribution in [0.25, 0.3) is 0 Å². The standard InChI is InChI=1S/C18H18O5S/c1-3-24(21)16-7-5-4-6-15(16)18(20)23-12-13-8-10-14(11-9-13)17(19)22-2/h4-11H,3,12H2,1-2H3/t24-/m0/s1. The quantitative estimate of drug-likeness (QED) is 0.752. The zero-order valence-corrected chi connectivity index (χ0v) is 14.3. The molecule has 5 nitrogen and oxygen atoms in total. The molecular formula is C18H18O5S. The van der Waals surface area contributed by atoms with Gasteiger partial charge in [-0.1, -0.05) is 31.2 Å². The van der Waals surface area contributed by atoms with Gasteiger partial charge in [-0.05, 0) is 29.8 Å². The molecule has 0 unspecified atom stereocenters. The van der Waals surface area contributed by atoms with Gasteiger partial charge in [-0.15, -0.1) is 0 Å². The summed E-state index contributed by atoms with van der Waals surface area (Å²) in [6.07, 6.45) is 0. The van der Waals surface area contributed by atoms with Crippen LogP contribution in [0.1, 0.15) is 33.2 Å². The van der Waals surface area contributed by atoms with Crippen LogP contribution in [0, 0.1) is 0 Å². The monoisotopic (exact) mass is 346 g/mol. The van der Waals surface area contributed by atoms with Crippen LogP contribution in [-0.2, 0) is 26.9 Å². The lowest BCUT2D eigenvalue weighted by Gasteiger charge is -2.09. The Labute approximate surface area is 143 Å². The van der Waals surface area contributed by atoms with Crippen molar-refractivity contribution in [2.75, 3.05) is 12.9 Å². The maximum Gasteiger partial charge on any atom is 0.339 e. The number of hydrogen-bond donors (Lipinski definition) is 0. The average Bonchev–Trinajstić information content (AvgIpc) is 2.65. The van der Waals surface area contributed by atoms with Crippen LogP contribution in [0.5, 0.6) is 0 Å². The topological polar surface area (TPSA) is 69.7 Å². The molecule has 2 aromatic carbocycles. The fourth-order valence-corrected chi connectivity index (χ4v) is 3.01. The van der Waals surface area contributed by atoms with Gasteiger partial charge in [0, 0.05) is 5.75 Å². The number of carbonyl (C=O) groups is 2. The first-order valence-corrected chi connectivity index (χ1v) is 8.70. The number of rotatable bonds is 6. The van der Waals surface area contributed by atoms with Crippen LogP contribution >= 0.6 is 0 Å². The zero-order chi connectivity index (χ0) is 17.5. The van der Waals surface area contributed by atoms with E-state index in [0.717, 1.165) is 5.56 Å². The largest absolute Gasteiger partial charge is 0.465 e. The summed E-state index contributed by atoms with van der Waals surface area (Å²) in [5.74, 6) is -0.516. The van der Waals surface area contributed by atoms with Gasteiger partial charge in [0.25, 0.3) is 0 Å². The van der Waals surface area contributed by atoms with Crippen molar-refractivity contribution in [2.45, 2.75) is 18.4 Å². The van der Waals surface area contributed by atoms with Gasteiger partial charge in [0.1, 0.15) is 6.61 Å². The molecule has 0 bridgehead atoms. The lowest BCUT2D eigenvalue weighted by atomic mass is 10.1. The van der Waals surface area contributed by atoms with Crippen LogP contribution in [0.2, 0.25) is 0 Å². The van der Waals surface area contributed by atoms with Gasteiger partial charge in [-0.3, -0.25) is 4.21 Å². The third kappa shape index (κ3) is 4.29. The molecule has 1 atom stereocenters. The highest BCUT2D eigenvalue weighted by atomic mass is 32.2. The molecule has 0 radical (unpaired) electrons. The van der Waals surface area contributed by atoms with Crippen LogP contribution in [0.15, 0.2) is 53.4 Å². The molecule has 24 heavy (non-hydrogen) atoms. The first-order chi connectivity index (χ1) is 11.6. The number of hydrogen-bond acceptors (Lipinski definition) is 5. The number of methoxy groups -OCH3 is 1. The van der Waals surface area contributed by atoms with Gasteiger partial charge in [-0.2, -0.15) is 0 Å². The van der Waals surface area contributed by atoms with Crippen LogP contribution < -0.4 is 0 Å². The maximum atomic E-state index is 12.2. The Kier molecular flexibility index (Phi) is 6.26. The van der Waals surface area contributed by atoms with E-state index in [4.69, 9.17) is 4.74 Å². The molecule has 6 heteroatoms. The van der Waals surface area contributed by atoms with Crippen molar-refractivity contribution in [1.29, 1.82) is 0 Å². The molecule has 0 heterocycles. The molecule has 0 N–H and O–H groups in total. The van der Waals surface area contributed by atoms with Crippen molar-refractivity contribution in [1.82, 2.24) is 0 Å². The summed E-state index contributed by atoms with van der Waals surface area (Å²) < 4.78 is 21.9. The second-order valence-electron chi connectivity index (χ2n) is 4.89. The predicted molar refractivity (Wildman–Crippen MR) is 90.3 cm³/mol. The minimum Gasteiger partial charge on any atom is -0.465 e. The normalized spacial score (nSPS) is 11.6. The van der Waals surface area contributed by atoms with Crippen LogP contribution in [0.3, 0.4) is 0 Å². The molecule has 0 aliphatic rings. The predicted octanol–water partition coefficient (Wildman–Crippen LogP) is 2.96. The summed E-state index contributed by atoms with van der Waals surface area (Å²) in [4.78, 5) is 24.1. The number of esters is 2. The van der Waals surface area contributed by atoms with Crippen molar-refractivity contribution in [3.05, 3.63) is 65.2 Å². The molecule has 0 saturated heterocycles. The van der Waals surface area contributed by atoms with Crippen molar-refractivity contribution in [3.63, 3.8) is 0 Å². The van der Waals surface area contributed by atoms with Crippen molar-refractivity contribution in [2.24, 2.45) is 0 Å². The van der Waals surface area contributed by atoms with E-state index in [1.54, 1.807) is 55.5 Å². The van der Waals surface area contributed by atoms with Gasteiger partial charge in [-0.25, -0.2) is 9.59 Å². The minimum absolute atomic E-state index is 0.0629. The van der Waals surface area contributed by atoms with Crippen molar-refractivity contribution < 1.29 is 23.3 Å². The molecule has 0 saturated carbocycles. The number of benzene rings is 2. The molecule has 0 amide bonds. The molecule has 0 fully saturated rings. The maximum absolute atomic E-state index is 12.2. The van der Waals surface area contributed by atoms with Crippen molar-refractivity contribution in [3.8, 4) is 0 Å².